The van der Waals surface area contributed by atoms with Crippen LogP contribution in [0.1, 0.15) is 20.8 Å². The van der Waals surface area contributed by atoms with Crippen molar-refractivity contribution in [2.75, 3.05) is 6.61 Å². The van der Waals surface area contributed by atoms with Crippen molar-refractivity contribution in [3.05, 3.63) is 0 Å². The SMILES string of the molecule is CC1COC(=O)C(C)(C(C)O)C1O. The largest absolute Gasteiger partial charge is 0.465 e. The molecular weight excluding hydrogens is 172 g/mol. The van der Waals surface area contributed by atoms with E-state index in [1.165, 1.54) is 13.8 Å². The quantitative estimate of drug-likeness (QED) is 0.565. The second kappa shape index (κ2) is 3.27. The number of hydrogen-bond acceptors (Lipinski definition) is 4. The molecule has 4 heteroatoms. The van der Waals surface area contributed by atoms with Crippen LogP contribution in [0.4, 0.5) is 0 Å². The molecule has 1 saturated heterocycles. The summed E-state index contributed by atoms with van der Waals surface area (Å²) in [7, 11) is 0. The lowest BCUT2D eigenvalue weighted by atomic mass is 9.73. The molecule has 1 aliphatic heterocycles. The van der Waals surface area contributed by atoms with Gasteiger partial charge in [-0.3, -0.25) is 4.79 Å². The van der Waals surface area contributed by atoms with E-state index in [-0.39, 0.29) is 12.5 Å². The van der Waals surface area contributed by atoms with Crippen LogP contribution in [0.2, 0.25) is 0 Å². The van der Waals surface area contributed by atoms with Crippen molar-refractivity contribution in [3.8, 4) is 0 Å². The predicted molar refractivity (Wildman–Crippen MR) is 45.9 cm³/mol. The number of hydrogen-bond donors (Lipinski definition) is 2. The average Bonchev–Trinajstić information content (AvgIpc) is 2.08. The van der Waals surface area contributed by atoms with Gasteiger partial charge in [-0.25, -0.2) is 0 Å². The minimum absolute atomic E-state index is 0.128. The van der Waals surface area contributed by atoms with Crippen molar-refractivity contribution in [2.24, 2.45) is 11.3 Å². The van der Waals surface area contributed by atoms with E-state index in [0.717, 1.165) is 0 Å². The van der Waals surface area contributed by atoms with Crippen LogP contribution in [-0.2, 0) is 9.53 Å². The summed E-state index contributed by atoms with van der Waals surface area (Å²) in [5.74, 6) is -0.648. The second-order valence-electron chi connectivity index (χ2n) is 3.98. The molecule has 0 aromatic rings. The summed E-state index contributed by atoms with van der Waals surface area (Å²) in [4.78, 5) is 11.4. The highest BCUT2D eigenvalue weighted by molar-refractivity contribution is 5.78. The molecule has 0 aromatic carbocycles. The highest BCUT2D eigenvalue weighted by Gasteiger charge is 2.51. The molecule has 0 aromatic heterocycles. The molecule has 4 atom stereocenters. The molecule has 4 unspecified atom stereocenters. The molecule has 0 amide bonds. The third kappa shape index (κ3) is 1.44. The van der Waals surface area contributed by atoms with Gasteiger partial charge >= 0.3 is 5.97 Å². The van der Waals surface area contributed by atoms with Gasteiger partial charge in [-0.05, 0) is 13.8 Å². The Morgan fingerprint density at radius 1 is 1.69 bits per heavy atom. The fourth-order valence-corrected chi connectivity index (χ4v) is 1.58. The van der Waals surface area contributed by atoms with Crippen molar-refractivity contribution in [2.45, 2.75) is 33.0 Å². The molecule has 0 spiro atoms. The van der Waals surface area contributed by atoms with Crippen LogP contribution in [0.5, 0.6) is 0 Å². The molecule has 0 aliphatic carbocycles. The minimum Gasteiger partial charge on any atom is -0.465 e. The normalized spacial score (nSPS) is 42.7. The Morgan fingerprint density at radius 2 is 2.23 bits per heavy atom. The minimum atomic E-state index is -1.18. The maximum atomic E-state index is 11.4. The summed E-state index contributed by atoms with van der Waals surface area (Å²) < 4.78 is 4.88. The van der Waals surface area contributed by atoms with Crippen molar-refractivity contribution in [3.63, 3.8) is 0 Å². The van der Waals surface area contributed by atoms with Crippen LogP contribution < -0.4 is 0 Å². The van der Waals surface area contributed by atoms with Crippen LogP contribution in [-0.4, -0.2) is 35.0 Å². The maximum absolute atomic E-state index is 11.4. The number of rotatable bonds is 1. The van der Waals surface area contributed by atoms with E-state index < -0.39 is 23.6 Å². The molecule has 0 saturated carbocycles. The standard InChI is InChI=1S/C9H16O4/c1-5-4-13-8(12)9(3,6(2)10)7(5)11/h5-7,10-11H,4H2,1-3H3. The van der Waals surface area contributed by atoms with Crippen LogP contribution in [0.3, 0.4) is 0 Å². The first-order valence-corrected chi connectivity index (χ1v) is 4.44. The van der Waals surface area contributed by atoms with Gasteiger partial charge in [-0.2, -0.15) is 0 Å². The van der Waals surface area contributed by atoms with E-state index >= 15 is 0 Å². The van der Waals surface area contributed by atoms with Crippen molar-refractivity contribution in [1.82, 2.24) is 0 Å². The van der Waals surface area contributed by atoms with E-state index in [1.54, 1.807) is 6.92 Å². The zero-order valence-corrected chi connectivity index (χ0v) is 8.15. The lowest BCUT2D eigenvalue weighted by Gasteiger charge is -2.41. The van der Waals surface area contributed by atoms with Gasteiger partial charge in [-0.1, -0.05) is 6.92 Å². The van der Waals surface area contributed by atoms with E-state index in [4.69, 9.17) is 4.74 Å². The fraction of sp³-hybridized carbons (Fsp3) is 0.889. The monoisotopic (exact) mass is 188 g/mol. The van der Waals surface area contributed by atoms with Crippen molar-refractivity contribution < 1.29 is 19.7 Å². The Labute approximate surface area is 77.5 Å². The van der Waals surface area contributed by atoms with Crippen LogP contribution >= 0.6 is 0 Å². The van der Waals surface area contributed by atoms with Gasteiger partial charge in [0.05, 0.1) is 18.8 Å². The molecule has 1 aliphatic rings. The summed E-state index contributed by atoms with van der Waals surface area (Å²) in [6.07, 6.45) is -1.74. The van der Waals surface area contributed by atoms with E-state index in [9.17, 15) is 15.0 Å². The fourth-order valence-electron chi connectivity index (χ4n) is 1.58. The molecule has 13 heavy (non-hydrogen) atoms. The Hall–Kier alpha value is -0.610. The zero-order valence-electron chi connectivity index (χ0n) is 8.15. The second-order valence-corrected chi connectivity index (χ2v) is 3.98. The average molecular weight is 188 g/mol. The Kier molecular flexibility index (Phi) is 2.63. The number of esters is 1. The van der Waals surface area contributed by atoms with Gasteiger partial charge in [-0.15, -0.1) is 0 Å². The molecule has 2 N–H and O–H groups in total. The van der Waals surface area contributed by atoms with E-state index in [1.807, 2.05) is 0 Å². The molecule has 4 nitrogen and oxygen atoms in total. The summed E-state index contributed by atoms with van der Waals surface area (Å²) in [5, 5.41) is 19.2. The first-order valence-electron chi connectivity index (χ1n) is 4.44. The lowest BCUT2D eigenvalue weighted by molar-refractivity contribution is -0.193. The summed E-state index contributed by atoms with van der Waals surface area (Å²) >= 11 is 0. The van der Waals surface area contributed by atoms with Gasteiger partial charge in [0, 0.05) is 5.92 Å². The Morgan fingerprint density at radius 3 is 2.62 bits per heavy atom. The first-order chi connectivity index (χ1) is 5.90. The van der Waals surface area contributed by atoms with Crippen LogP contribution in [0, 0.1) is 11.3 Å². The topological polar surface area (TPSA) is 66.8 Å². The number of carbonyl (C=O) groups is 1. The van der Waals surface area contributed by atoms with Crippen LogP contribution in [0.15, 0.2) is 0 Å². The number of cyclic esters (lactones) is 1. The number of aliphatic hydroxyl groups excluding tert-OH is 2. The Bertz CT molecular complexity index is 214. The molecule has 0 bridgehead atoms. The smallest absolute Gasteiger partial charge is 0.317 e. The first kappa shape index (κ1) is 10.5. The van der Waals surface area contributed by atoms with Crippen LogP contribution in [0.25, 0.3) is 0 Å². The lowest BCUT2D eigenvalue weighted by Crippen LogP contribution is -2.55. The third-order valence-electron chi connectivity index (χ3n) is 2.94. The molecule has 76 valence electrons. The van der Waals surface area contributed by atoms with Gasteiger partial charge in [0.25, 0.3) is 0 Å². The van der Waals surface area contributed by atoms with E-state index in [0.29, 0.717) is 0 Å². The van der Waals surface area contributed by atoms with Gasteiger partial charge < -0.3 is 14.9 Å². The number of ether oxygens (including phenoxy) is 1. The van der Waals surface area contributed by atoms with E-state index in [2.05, 4.69) is 0 Å². The highest BCUT2D eigenvalue weighted by Crippen LogP contribution is 2.35. The molecule has 1 rings (SSSR count). The molecule has 1 heterocycles. The zero-order chi connectivity index (χ0) is 10.2. The van der Waals surface area contributed by atoms with Crippen molar-refractivity contribution >= 4 is 5.97 Å². The predicted octanol–water partition coefficient (Wildman–Crippen LogP) is -0.0727. The highest BCUT2D eigenvalue weighted by atomic mass is 16.5. The van der Waals surface area contributed by atoms with Gasteiger partial charge in [0.15, 0.2) is 0 Å². The van der Waals surface area contributed by atoms with Gasteiger partial charge in [0.2, 0.25) is 0 Å². The summed E-state index contributed by atoms with van der Waals surface area (Å²) in [6.45, 7) is 5.03. The molecule has 0 radical (unpaired) electrons. The summed E-state index contributed by atoms with van der Waals surface area (Å²) in [5.41, 5.74) is -1.18. The number of aliphatic hydroxyl groups is 2. The van der Waals surface area contributed by atoms with Crippen molar-refractivity contribution in [1.29, 1.82) is 0 Å². The van der Waals surface area contributed by atoms with Gasteiger partial charge in [0.1, 0.15) is 5.41 Å². The molecule has 1 fully saturated rings. The summed E-state index contributed by atoms with van der Waals surface area (Å²) in [6, 6.07) is 0. The Balaban J connectivity index is 2.95. The molecular formula is C9H16O4. The maximum Gasteiger partial charge on any atom is 0.317 e. The number of carbonyl (C=O) groups excluding carboxylic acids is 1. The third-order valence-corrected chi connectivity index (χ3v) is 2.94.